The van der Waals surface area contributed by atoms with Crippen LogP contribution in [0.25, 0.3) is 0 Å². The van der Waals surface area contributed by atoms with E-state index in [1.807, 2.05) is 0 Å². The first-order chi connectivity index (χ1) is 12.7. The van der Waals surface area contributed by atoms with Crippen molar-refractivity contribution >= 4 is 18.2 Å². The molecule has 156 valence electrons. The highest BCUT2D eigenvalue weighted by atomic mass is 16.6. The molecule has 0 saturated heterocycles. The monoisotopic (exact) mass is 394 g/mol. The summed E-state index contributed by atoms with van der Waals surface area (Å²) in [5.41, 5.74) is 0.172. The number of alkyl carbamates (subject to hydrolysis) is 2. The van der Waals surface area contributed by atoms with Crippen LogP contribution in [0, 0.1) is 0 Å². The zero-order valence-corrected chi connectivity index (χ0v) is 17.3. The summed E-state index contributed by atoms with van der Waals surface area (Å²) in [5, 5.41) is 14.4. The molecule has 8 heteroatoms. The second kappa shape index (κ2) is 9.43. The zero-order valence-electron chi connectivity index (χ0n) is 17.3. The molecule has 1 aromatic rings. The average molecular weight is 394 g/mol. The van der Waals surface area contributed by atoms with E-state index in [-0.39, 0.29) is 13.0 Å². The predicted molar refractivity (Wildman–Crippen MR) is 104 cm³/mol. The molecular formula is C20H30N2O6. The molecule has 0 fully saturated rings. The number of benzene rings is 1. The van der Waals surface area contributed by atoms with Crippen molar-refractivity contribution in [3.63, 3.8) is 0 Å². The average Bonchev–Trinajstić information content (AvgIpc) is 2.49. The lowest BCUT2D eigenvalue weighted by atomic mass is 10.0. The maximum atomic E-state index is 11.9. The molecule has 0 aliphatic carbocycles. The van der Waals surface area contributed by atoms with Crippen molar-refractivity contribution in [1.82, 2.24) is 10.6 Å². The van der Waals surface area contributed by atoms with Gasteiger partial charge in [0.1, 0.15) is 17.2 Å². The standard InChI is InChI=1S/C20H30N2O6/c1-19(2,3)27-17(25)21-12-14-9-7-8-13(10-14)11-15(16(23)24)22-18(26)28-20(4,5)6/h7-10,15H,11-12H2,1-6H3,(H,21,25)(H,22,26)(H,23,24). The van der Waals surface area contributed by atoms with Crippen LogP contribution in [0.15, 0.2) is 24.3 Å². The topological polar surface area (TPSA) is 114 Å². The van der Waals surface area contributed by atoms with Crippen LogP contribution >= 0.6 is 0 Å². The van der Waals surface area contributed by atoms with Crippen LogP contribution in [-0.4, -0.2) is 40.5 Å². The van der Waals surface area contributed by atoms with Crippen molar-refractivity contribution in [3.8, 4) is 0 Å². The molecule has 0 aliphatic heterocycles. The summed E-state index contributed by atoms with van der Waals surface area (Å²) in [4.78, 5) is 35.1. The van der Waals surface area contributed by atoms with Crippen molar-refractivity contribution < 1.29 is 29.0 Å². The fourth-order valence-electron chi connectivity index (χ4n) is 2.24. The minimum Gasteiger partial charge on any atom is -0.480 e. The molecular weight excluding hydrogens is 364 g/mol. The lowest BCUT2D eigenvalue weighted by Gasteiger charge is -2.22. The molecule has 0 radical (unpaired) electrons. The highest BCUT2D eigenvalue weighted by Gasteiger charge is 2.24. The Morgan fingerprint density at radius 2 is 1.50 bits per heavy atom. The van der Waals surface area contributed by atoms with Crippen molar-refractivity contribution in [2.24, 2.45) is 0 Å². The van der Waals surface area contributed by atoms with Crippen LogP contribution in [0.4, 0.5) is 9.59 Å². The van der Waals surface area contributed by atoms with Gasteiger partial charge in [0.15, 0.2) is 0 Å². The summed E-state index contributed by atoms with van der Waals surface area (Å²) >= 11 is 0. The Kier molecular flexibility index (Phi) is 7.84. The van der Waals surface area contributed by atoms with Crippen molar-refractivity contribution in [3.05, 3.63) is 35.4 Å². The predicted octanol–water partition coefficient (Wildman–Crippen LogP) is 3.23. The van der Waals surface area contributed by atoms with Crippen molar-refractivity contribution in [2.45, 2.75) is 71.8 Å². The van der Waals surface area contributed by atoms with E-state index in [1.165, 1.54) is 0 Å². The minimum atomic E-state index is -1.16. The second-order valence-electron chi connectivity index (χ2n) is 8.42. The molecule has 3 N–H and O–H groups in total. The van der Waals surface area contributed by atoms with Gasteiger partial charge in [-0.2, -0.15) is 0 Å². The number of hydrogen-bond acceptors (Lipinski definition) is 5. The van der Waals surface area contributed by atoms with E-state index < -0.39 is 35.4 Å². The van der Waals surface area contributed by atoms with Crippen LogP contribution in [-0.2, 0) is 27.2 Å². The van der Waals surface area contributed by atoms with Gasteiger partial charge in [-0.1, -0.05) is 24.3 Å². The van der Waals surface area contributed by atoms with E-state index in [2.05, 4.69) is 10.6 Å². The lowest BCUT2D eigenvalue weighted by molar-refractivity contribution is -0.139. The van der Waals surface area contributed by atoms with Crippen molar-refractivity contribution in [2.75, 3.05) is 0 Å². The third-order valence-corrected chi connectivity index (χ3v) is 3.26. The number of rotatable bonds is 6. The molecule has 1 unspecified atom stereocenters. The first kappa shape index (κ1) is 23.3. The van der Waals surface area contributed by atoms with Gasteiger partial charge >= 0.3 is 18.2 Å². The van der Waals surface area contributed by atoms with Crippen LogP contribution in [0.1, 0.15) is 52.7 Å². The Hall–Kier alpha value is -2.77. The SMILES string of the molecule is CC(C)(C)OC(=O)NCc1cccc(CC(NC(=O)OC(C)(C)C)C(=O)O)c1. The maximum absolute atomic E-state index is 11.9. The molecule has 0 saturated carbocycles. The van der Waals surface area contributed by atoms with E-state index >= 15 is 0 Å². The molecule has 28 heavy (non-hydrogen) atoms. The van der Waals surface area contributed by atoms with Gasteiger partial charge in [-0.15, -0.1) is 0 Å². The lowest BCUT2D eigenvalue weighted by Crippen LogP contribution is -2.44. The van der Waals surface area contributed by atoms with Gasteiger partial charge in [-0.05, 0) is 52.7 Å². The highest BCUT2D eigenvalue weighted by molar-refractivity contribution is 5.80. The number of carboxylic acids is 1. The Balaban J connectivity index is 2.71. The number of carbonyl (C=O) groups excluding carboxylic acids is 2. The van der Waals surface area contributed by atoms with E-state index in [1.54, 1.807) is 65.8 Å². The summed E-state index contributed by atoms with van der Waals surface area (Å²) in [6.45, 7) is 10.7. The van der Waals surface area contributed by atoms with Gasteiger partial charge in [0.25, 0.3) is 0 Å². The first-order valence-electron chi connectivity index (χ1n) is 9.02. The Morgan fingerprint density at radius 1 is 0.964 bits per heavy atom. The number of ether oxygens (including phenoxy) is 2. The van der Waals surface area contributed by atoms with Gasteiger partial charge in [0, 0.05) is 13.0 Å². The van der Waals surface area contributed by atoms with Crippen LogP contribution in [0.2, 0.25) is 0 Å². The third-order valence-electron chi connectivity index (χ3n) is 3.26. The maximum Gasteiger partial charge on any atom is 0.408 e. The van der Waals surface area contributed by atoms with E-state index in [4.69, 9.17) is 9.47 Å². The number of carboxylic acid groups (broad SMARTS) is 1. The number of amides is 2. The quantitative estimate of drug-likeness (QED) is 0.682. The van der Waals surface area contributed by atoms with Gasteiger partial charge in [0.05, 0.1) is 0 Å². The Bertz CT molecular complexity index is 703. The highest BCUT2D eigenvalue weighted by Crippen LogP contribution is 2.11. The zero-order chi connectivity index (χ0) is 21.5. The van der Waals surface area contributed by atoms with Crippen molar-refractivity contribution in [1.29, 1.82) is 0 Å². The summed E-state index contributed by atoms with van der Waals surface area (Å²) in [6.07, 6.45) is -1.25. The number of nitrogens with one attached hydrogen (secondary N) is 2. The van der Waals surface area contributed by atoms with E-state index in [0.717, 1.165) is 5.56 Å². The first-order valence-corrected chi connectivity index (χ1v) is 9.02. The Labute approximate surface area is 165 Å². The minimum absolute atomic E-state index is 0.0782. The molecule has 2 amide bonds. The molecule has 0 bridgehead atoms. The summed E-state index contributed by atoms with van der Waals surface area (Å²) in [5.74, 6) is -1.16. The number of aliphatic carboxylic acids is 1. The molecule has 0 aromatic heterocycles. The fraction of sp³-hybridized carbons (Fsp3) is 0.550. The number of hydrogen-bond donors (Lipinski definition) is 3. The molecule has 1 aromatic carbocycles. The summed E-state index contributed by atoms with van der Waals surface area (Å²) in [6, 6.07) is 5.95. The van der Waals surface area contributed by atoms with Crippen LogP contribution in [0.3, 0.4) is 0 Å². The fourth-order valence-corrected chi connectivity index (χ4v) is 2.24. The molecule has 0 aliphatic rings. The third kappa shape index (κ3) is 9.80. The molecule has 0 heterocycles. The van der Waals surface area contributed by atoms with Crippen LogP contribution in [0.5, 0.6) is 0 Å². The van der Waals surface area contributed by atoms with Gasteiger partial charge in [-0.25, -0.2) is 14.4 Å². The second-order valence-corrected chi connectivity index (χ2v) is 8.42. The van der Waals surface area contributed by atoms with E-state index in [0.29, 0.717) is 5.56 Å². The van der Waals surface area contributed by atoms with Gasteiger partial charge < -0.3 is 25.2 Å². The largest absolute Gasteiger partial charge is 0.480 e. The molecule has 8 nitrogen and oxygen atoms in total. The Morgan fingerprint density at radius 3 is 2.04 bits per heavy atom. The smallest absolute Gasteiger partial charge is 0.408 e. The molecule has 1 rings (SSSR count). The summed E-state index contributed by atoms with van der Waals surface area (Å²) < 4.78 is 10.3. The van der Waals surface area contributed by atoms with Gasteiger partial charge in [0.2, 0.25) is 0 Å². The normalized spacial score (nSPS) is 12.6. The molecule has 0 spiro atoms. The number of carbonyl (C=O) groups is 3. The van der Waals surface area contributed by atoms with Crippen LogP contribution < -0.4 is 10.6 Å². The molecule has 1 atom stereocenters. The van der Waals surface area contributed by atoms with E-state index in [9.17, 15) is 19.5 Å². The summed E-state index contributed by atoms with van der Waals surface area (Å²) in [7, 11) is 0. The van der Waals surface area contributed by atoms with Gasteiger partial charge in [-0.3, -0.25) is 0 Å².